The number of rotatable bonds is 7. The van der Waals surface area contributed by atoms with Crippen molar-refractivity contribution >= 4 is 39.7 Å². The number of ether oxygens (including phenoxy) is 1. The number of amides is 1. The lowest BCUT2D eigenvalue weighted by Crippen LogP contribution is -2.20. The second-order valence-electron chi connectivity index (χ2n) is 8.74. The standard InChI is InChI=1S/C31H22N4O4/c36-29(33-23-11-2-1-3-12-23)20-38-24-13-8-9-21(17-24)19-32-35-30(28-18-22-10-4-7-16-27(22)39-28)34-26-15-6-5-14-25(26)31(35)37/h1-19H,20H2,(H,33,36). The van der Waals surface area contributed by atoms with Gasteiger partial charge in [0.05, 0.1) is 17.1 Å². The van der Waals surface area contributed by atoms with Crippen molar-refractivity contribution in [1.29, 1.82) is 0 Å². The highest BCUT2D eigenvalue weighted by Gasteiger charge is 2.16. The quantitative estimate of drug-likeness (QED) is 0.275. The topological polar surface area (TPSA) is 98.7 Å². The molecule has 0 unspecified atom stereocenters. The molecule has 0 saturated carbocycles. The molecule has 0 aliphatic carbocycles. The monoisotopic (exact) mass is 514 g/mol. The third-order valence-corrected chi connectivity index (χ3v) is 6.01. The van der Waals surface area contributed by atoms with Crippen LogP contribution in [-0.2, 0) is 4.79 Å². The summed E-state index contributed by atoms with van der Waals surface area (Å²) in [6, 6.07) is 32.8. The lowest BCUT2D eigenvalue weighted by Gasteiger charge is -2.08. The van der Waals surface area contributed by atoms with Crippen molar-refractivity contribution in [1.82, 2.24) is 9.66 Å². The molecule has 0 aliphatic heterocycles. The van der Waals surface area contributed by atoms with E-state index in [1.807, 2.05) is 60.7 Å². The maximum atomic E-state index is 13.5. The van der Waals surface area contributed by atoms with Crippen LogP contribution >= 0.6 is 0 Å². The molecule has 6 aromatic rings. The summed E-state index contributed by atoms with van der Waals surface area (Å²) in [5.74, 6) is 0.932. The van der Waals surface area contributed by atoms with Gasteiger partial charge in [-0.05, 0) is 54.1 Å². The number of hydrogen-bond acceptors (Lipinski definition) is 6. The molecule has 0 aliphatic rings. The number of para-hydroxylation sites is 3. The highest BCUT2D eigenvalue weighted by Crippen LogP contribution is 2.27. The van der Waals surface area contributed by atoms with E-state index < -0.39 is 0 Å². The molecule has 39 heavy (non-hydrogen) atoms. The first kappa shape index (κ1) is 23.9. The van der Waals surface area contributed by atoms with Gasteiger partial charge in [0.15, 0.2) is 12.4 Å². The molecule has 0 radical (unpaired) electrons. The fourth-order valence-corrected chi connectivity index (χ4v) is 4.16. The molecule has 2 aromatic heterocycles. The number of nitrogens with zero attached hydrogens (tertiary/aromatic N) is 3. The van der Waals surface area contributed by atoms with Crippen molar-refractivity contribution < 1.29 is 13.9 Å². The Bertz CT molecular complexity index is 1860. The van der Waals surface area contributed by atoms with Crippen LogP contribution in [0.15, 0.2) is 124 Å². The van der Waals surface area contributed by atoms with Crippen LogP contribution in [-0.4, -0.2) is 28.4 Å². The first-order valence-corrected chi connectivity index (χ1v) is 12.3. The summed E-state index contributed by atoms with van der Waals surface area (Å²) < 4.78 is 12.9. The van der Waals surface area contributed by atoms with E-state index in [4.69, 9.17) is 14.1 Å². The van der Waals surface area contributed by atoms with Gasteiger partial charge in [-0.25, -0.2) is 4.98 Å². The number of carbonyl (C=O) groups is 1. The molecule has 190 valence electrons. The van der Waals surface area contributed by atoms with Gasteiger partial charge in [-0.2, -0.15) is 9.78 Å². The molecule has 0 spiro atoms. The molecular formula is C31H22N4O4. The summed E-state index contributed by atoms with van der Waals surface area (Å²) in [5.41, 5.74) is 2.28. The van der Waals surface area contributed by atoms with Crippen LogP contribution in [0.4, 0.5) is 5.69 Å². The van der Waals surface area contributed by atoms with Gasteiger partial charge in [-0.3, -0.25) is 9.59 Å². The second-order valence-corrected chi connectivity index (χ2v) is 8.74. The minimum atomic E-state index is -0.322. The lowest BCUT2D eigenvalue weighted by molar-refractivity contribution is -0.118. The Morgan fingerprint density at radius 1 is 0.923 bits per heavy atom. The molecule has 2 heterocycles. The zero-order chi connectivity index (χ0) is 26.6. The number of carbonyl (C=O) groups excluding carboxylic acids is 1. The number of furan rings is 1. The minimum Gasteiger partial charge on any atom is -0.484 e. The molecule has 1 amide bonds. The van der Waals surface area contributed by atoms with Crippen molar-refractivity contribution in [2.45, 2.75) is 0 Å². The largest absolute Gasteiger partial charge is 0.484 e. The van der Waals surface area contributed by atoms with Crippen LogP contribution in [0.25, 0.3) is 33.5 Å². The first-order valence-electron chi connectivity index (χ1n) is 12.3. The molecule has 0 atom stereocenters. The van der Waals surface area contributed by atoms with Crippen LogP contribution in [0.3, 0.4) is 0 Å². The zero-order valence-electron chi connectivity index (χ0n) is 20.7. The zero-order valence-corrected chi connectivity index (χ0v) is 20.7. The summed E-state index contributed by atoms with van der Waals surface area (Å²) in [4.78, 5) is 30.4. The van der Waals surface area contributed by atoms with Gasteiger partial charge in [0.1, 0.15) is 11.3 Å². The Morgan fingerprint density at radius 3 is 2.59 bits per heavy atom. The summed E-state index contributed by atoms with van der Waals surface area (Å²) in [5, 5.41) is 8.60. The van der Waals surface area contributed by atoms with Gasteiger partial charge in [0.2, 0.25) is 5.82 Å². The number of fused-ring (bicyclic) bond motifs is 2. The molecule has 0 fully saturated rings. The van der Waals surface area contributed by atoms with E-state index >= 15 is 0 Å². The van der Waals surface area contributed by atoms with Gasteiger partial charge >= 0.3 is 0 Å². The number of benzene rings is 4. The molecule has 4 aromatic carbocycles. The van der Waals surface area contributed by atoms with Crippen molar-refractivity contribution in [2.24, 2.45) is 5.10 Å². The van der Waals surface area contributed by atoms with E-state index in [2.05, 4.69) is 10.4 Å². The number of hydrogen-bond donors (Lipinski definition) is 1. The number of nitrogens with one attached hydrogen (secondary N) is 1. The Kier molecular flexibility index (Phi) is 6.41. The van der Waals surface area contributed by atoms with Crippen molar-refractivity contribution in [3.8, 4) is 17.3 Å². The Hall–Kier alpha value is -5.50. The predicted molar refractivity (Wildman–Crippen MR) is 151 cm³/mol. The van der Waals surface area contributed by atoms with Gasteiger partial charge in [0, 0.05) is 11.1 Å². The summed E-state index contributed by atoms with van der Waals surface area (Å²) >= 11 is 0. The van der Waals surface area contributed by atoms with Crippen molar-refractivity contribution in [3.05, 3.63) is 125 Å². The first-order chi connectivity index (χ1) is 19.1. The summed E-state index contributed by atoms with van der Waals surface area (Å²) in [7, 11) is 0. The van der Waals surface area contributed by atoms with Gasteiger partial charge in [0.25, 0.3) is 11.5 Å². The van der Waals surface area contributed by atoms with Crippen LogP contribution < -0.4 is 15.6 Å². The third kappa shape index (κ3) is 5.17. The normalized spacial score (nSPS) is 11.3. The fraction of sp³-hybridized carbons (Fsp3) is 0.0323. The van der Waals surface area contributed by atoms with Crippen LogP contribution in [0.1, 0.15) is 5.56 Å². The maximum Gasteiger partial charge on any atom is 0.282 e. The Balaban J connectivity index is 1.29. The smallest absolute Gasteiger partial charge is 0.282 e. The Morgan fingerprint density at radius 2 is 1.72 bits per heavy atom. The molecule has 0 saturated heterocycles. The highest BCUT2D eigenvalue weighted by atomic mass is 16.5. The van der Waals surface area contributed by atoms with Crippen LogP contribution in [0, 0.1) is 0 Å². The summed E-state index contributed by atoms with van der Waals surface area (Å²) in [6.07, 6.45) is 1.54. The van der Waals surface area contributed by atoms with Crippen LogP contribution in [0.2, 0.25) is 0 Å². The SMILES string of the molecule is O=C(COc1cccc(C=Nn2c(-c3cc4ccccc4o3)nc3ccccc3c2=O)c1)Nc1ccccc1. The molecule has 8 nitrogen and oxygen atoms in total. The molecule has 8 heteroatoms. The molecule has 1 N–H and O–H groups in total. The Labute approximate surface area is 222 Å². The number of anilines is 1. The van der Waals surface area contributed by atoms with Gasteiger partial charge in [-0.15, -0.1) is 0 Å². The summed E-state index contributed by atoms with van der Waals surface area (Å²) in [6.45, 7) is -0.153. The van der Waals surface area contributed by atoms with E-state index in [1.165, 1.54) is 4.68 Å². The fourth-order valence-electron chi connectivity index (χ4n) is 4.16. The highest BCUT2D eigenvalue weighted by molar-refractivity contribution is 5.92. The minimum absolute atomic E-state index is 0.153. The maximum absolute atomic E-state index is 13.5. The van der Waals surface area contributed by atoms with E-state index in [1.54, 1.807) is 54.7 Å². The molecule has 0 bridgehead atoms. The number of aromatic nitrogens is 2. The van der Waals surface area contributed by atoms with Crippen molar-refractivity contribution in [2.75, 3.05) is 11.9 Å². The second kappa shape index (κ2) is 10.5. The average molecular weight is 515 g/mol. The third-order valence-electron chi connectivity index (χ3n) is 6.01. The molecule has 6 rings (SSSR count). The van der Waals surface area contributed by atoms with Crippen molar-refractivity contribution in [3.63, 3.8) is 0 Å². The average Bonchev–Trinajstić information content (AvgIpc) is 3.41. The lowest BCUT2D eigenvalue weighted by atomic mass is 10.2. The van der Waals surface area contributed by atoms with E-state index in [0.717, 1.165) is 5.39 Å². The van der Waals surface area contributed by atoms with Crippen LogP contribution in [0.5, 0.6) is 5.75 Å². The predicted octanol–water partition coefficient (Wildman–Crippen LogP) is 5.71. The van der Waals surface area contributed by atoms with Gasteiger partial charge < -0.3 is 14.5 Å². The van der Waals surface area contributed by atoms with E-state index in [0.29, 0.717) is 39.2 Å². The van der Waals surface area contributed by atoms with Gasteiger partial charge in [-0.1, -0.05) is 60.7 Å². The van der Waals surface area contributed by atoms with E-state index in [-0.39, 0.29) is 23.9 Å². The molecular weight excluding hydrogens is 492 g/mol. The van der Waals surface area contributed by atoms with E-state index in [9.17, 15) is 9.59 Å².